The molecule has 0 saturated heterocycles. The summed E-state index contributed by atoms with van der Waals surface area (Å²) in [6.45, 7) is 8.55. The van der Waals surface area contributed by atoms with Gasteiger partial charge in [0.25, 0.3) is 0 Å². The quantitative estimate of drug-likeness (QED) is 0.853. The van der Waals surface area contributed by atoms with Crippen molar-refractivity contribution in [2.24, 2.45) is 11.7 Å². The van der Waals surface area contributed by atoms with Crippen LogP contribution in [0.5, 0.6) is 0 Å². The van der Waals surface area contributed by atoms with Crippen LogP contribution in [0.3, 0.4) is 0 Å². The molecule has 0 heterocycles. The molecule has 1 rings (SSSR count). The van der Waals surface area contributed by atoms with Gasteiger partial charge in [-0.3, -0.25) is 4.79 Å². The molecule has 0 bridgehead atoms. The van der Waals surface area contributed by atoms with Crippen molar-refractivity contribution in [3.8, 4) is 0 Å². The molecule has 0 aliphatic heterocycles. The molecule has 3 nitrogen and oxygen atoms in total. The highest BCUT2D eigenvalue weighted by molar-refractivity contribution is 6.42. The molecule has 1 aromatic carbocycles. The highest BCUT2D eigenvalue weighted by Gasteiger charge is 2.21. The molecular weight excluding hydrogens is 307 g/mol. The Morgan fingerprint density at radius 3 is 2.29 bits per heavy atom. The summed E-state index contributed by atoms with van der Waals surface area (Å²) in [7, 11) is 0. The smallest absolute Gasteiger partial charge is 0.224 e. The van der Waals surface area contributed by atoms with E-state index in [1.165, 1.54) is 0 Å². The number of benzene rings is 1. The number of carbonyl (C=O) groups excluding carboxylic acids is 1. The van der Waals surface area contributed by atoms with Crippen molar-refractivity contribution < 1.29 is 4.79 Å². The summed E-state index contributed by atoms with van der Waals surface area (Å²) in [5.41, 5.74) is 6.97. The summed E-state index contributed by atoms with van der Waals surface area (Å²) in [5.74, 6) is 0.352. The molecule has 5 heteroatoms. The molecule has 118 valence electrons. The van der Waals surface area contributed by atoms with Gasteiger partial charge in [0.05, 0.1) is 10.0 Å². The number of halogens is 2. The first-order chi connectivity index (χ1) is 9.72. The Hall–Kier alpha value is -0.770. The molecule has 0 radical (unpaired) electrons. The SMILES string of the molecule is CC(C)C(N)CC(=O)N(Cc1ccc(Cl)c(Cl)c1)C(C)C. The second kappa shape index (κ2) is 8.02. The van der Waals surface area contributed by atoms with Gasteiger partial charge in [-0.1, -0.05) is 43.1 Å². The van der Waals surface area contributed by atoms with Gasteiger partial charge in [-0.05, 0) is 37.5 Å². The molecule has 0 saturated carbocycles. The zero-order chi connectivity index (χ0) is 16.2. The predicted molar refractivity (Wildman–Crippen MR) is 89.6 cm³/mol. The largest absolute Gasteiger partial charge is 0.336 e. The van der Waals surface area contributed by atoms with Crippen molar-refractivity contribution in [2.75, 3.05) is 0 Å². The Morgan fingerprint density at radius 2 is 1.81 bits per heavy atom. The highest BCUT2D eigenvalue weighted by Crippen LogP contribution is 2.24. The number of hydrogen-bond acceptors (Lipinski definition) is 2. The standard InChI is InChI=1S/C16H24Cl2N2O/c1-10(2)15(19)8-16(21)20(11(3)4)9-12-5-6-13(17)14(18)7-12/h5-7,10-11,15H,8-9,19H2,1-4H3. The lowest BCUT2D eigenvalue weighted by Gasteiger charge is -2.29. The zero-order valence-corrected chi connectivity index (χ0v) is 14.6. The van der Waals surface area contributed by atoms with E-state index in [2.05, 4.69) is 0 Å². The Labute approximate surface area is 137 Å². The van der Waals surface area contributed by atoms with Crippen molar-refractivity contribution in [1.29, 1.82) is 0 Å². The van der Waals surface area contributed by atoms with E-state index in [1.54, 1.807) is 12.1 Å². The van der Waals surface area contributed by atoms with Crippen molar-refractivity contribution in [3.05, 3.63) is 33.8 Å². The first kappa shape index (κ1) is 18.3. The van der Waals surface area contributed by atoms with Gasteiger partial charge in [0.1, 0.15) is 0 Å². The van der Waals surface area contributed by atoms with Gasteiger partial charge in [-0.25, -0.2) is 0 Å². The Kier molecular flexibility index (Phi) is 6.98. The van der Waals surface area contributed by atoms with Crippen LogP contribution in [0.15, 0.2) is 18.2 Å². The monoisotopic (exact) mass is 330 g/mol. The van der Waals surface area contributed by atoms with Gasteiger partial charge >= 0.3 is 0 Å². The van der Waals surface area contributed by atoms with Crippen molar-refractivity contribution in [3.63, 3.8) is 0 Å². The molecule has 0 aliphatic rings. The maximum absolute atomic E-state index is 12.4. The van der Waals surface area contributed by atoms with E-state index < -0.39 is 0 Å². The van der Waals surface area contributed by atoms with Crippen molar-refractivity contribution in [1.82, 2.24) is 4.90 Å². The van der Waals surface area contributed by atoms with Crippen LogP contribution in [0.2, 0.25) is 10.0 Å². The zero-order valence-electron chi connectivity index (χ0n) is 13.1. The van der Waals surface area contributed by atoms with Gasteiger partial charge in [-0.15, -0.1) is 0 Å². The van der Waals surface area contributed by atoms with Crippen LogP contribution < -0.4 is 5.73 Å². The van der Waals surface area contributed by atoms with Crippen molar-refractivity contribution in [2.45, 2.75) is 52.7 Å². The summed E-state index contributed by atoms with van der Waals surface area (Å²) in [6, 6.07) is 5.43. The third-order valence-electron chi connectivity index (χ3n) is 3.55. The molecule has 1 unspecified atom stereocenters. The van der Waals surface area contributed by atoms with Crippen LogP contribution in [0, 0.1) is 5.92 Å². The van der Waals surface area contributed by atoms with E-state index in [9.17, 15) is 4.79 Å². The van der Waals surface area contributed by atoms with E-state index >= 15 is 0 Å². The molecular formula is C16H24Cl2N2O. The molecule has 1 atom stereocenters. The fourth-order valence-electron chi connectivity index (χ4n) is 1.95. The topological polar surface area (TPSA) is 46.3 Å². The average molecular weight is 331 g/mol. The normalized spacial score (nSPS) is 12.8. The Bertz CT molecular complexity index is 489. The molecule has 0 aromatic heterocycles. The average Bonchev–Trinajstić information content (AvgIpc) is 2.39. The van der Waals surface area contributed by atoms with E-state index in [1.807, 2.05) is 38.7 Å². The second-order valence-corrected chi connectivity index (χ2v) is 6.79. The number of nitrogens with two attached hydrogens (primary N) is 1. The van der Waals surface area contributed by atoms with Gasteiger partial charge in [0.2, 0.25) is 5.91 Å². The van der Waals surface area contributed by atoms with Gasteiger partial charge in [0.15, 0.2) is 0 Å². The van der Waals surface area contributed by atoms with E-state index in [0.717, 1.165) is 5.56 Å². The lowest BCUT2D eigenvalue weighted by Crippen LogP contribution is -2.41. The lowest BCUT2D eigenvalue weighted by molar-refractivity contribution is -0.134. The number of carbonyl (C=O) groups is 1. The number of rotatable bonds is 6. The van der Waals surface area contributed by atoms with Crippen LogP contribution >= 0.6 is 23.2 Å². The van der Waals surface area contributed by atoms with Crippen LogP contribution in [-0.4, -0.2) is 22.9 Å². The maximum Gasteiger partial charge on any atom is 0.224 e. The minimum atomic E-state index is -0.118. The minimum Gasteiger partial charge on any atom is -0.336 e. The molecule has 0 aliphatic carbocycles. The molecule has 1 amide bonds. The van der Waals surface area contributed by atoms with Crippen molar-refractivity contribution >= 4 is 29.1 Å². The van der Waals surface area contributed by atoms with E-state index in [0.29, 0.717) is 23.0 Å². The number of amides is 1. The Morgan fingerprint density at radius 1 is 1.19 bits per heavy atom. The summed E-state index contributed by atoms with van der Waals surface area (Å²) in [4.78, 5) is 14.3. The van der Waals surface area contributed by atoms with Gasteiger partial charge < -0.3 is 10.6 Å². The summed E-state index contributed by atoms with van der Waals surface area (Å²) in [5, 5.41) is 1.02. The summed E-state index contributed by atoms with van der Waals surface area (Å²) >= 11 is 11.9. The highest BCUT2D eigenvalue weighted by atomic mass is 35.5. The molecule has 0 fully saturated rings. The van der Waals surface area contributed by atoms with Gasteiger partial charge in [0, 0.05) is 25.0 Å². The fraction of sp³-hybridized carbons (Fsp3) is 0.562. The third kappa shape index (κ3) is 5.50. The number of nitrogens with zero attached hydrogens (tertiary/aromatic N) is 1. The molecule has 1 aromatic rings. The predicted octanol–water partition coefficient (Wildman–Crippen LogP) is 4.10. The van der Waals surface area contributed by atoms with Crippen LogP contribution in [-0.2, 0) is 11.3 Å². The van der Waals surface area contributed by atoms with Crippen LogP contribution in [0.25, 0.3) is 0 Å². The van der Waals surface area contributed by atoms with Crippen LogP contribution in [0.4, 0.5) is 0 Å². The second-order valence-electron chi connectivity index (χ2n) is 5.98. The minimum absolute atomic E-state index is 0.0669. The van der Waals surface area contributed by atoms with Gasteiger partial charge in [-0.2, -0.15) is 0 Å². The first-order valence-electron chi connectivity index (χ1n) is 7.21. The first-order valence-corrected chi connectivity index (χ1v) is 7.97. The maximum atomic E-state index is 12.4. The lowest BCUT2D eigenvalue weighted by atomic mass is 10.0. The third-order valence-corrected chi connectivity index (χ3v) is 4.29. The van der Waals surface area contributed by atoms with E-state index in [4.69, 9.17) is 28.9 Å². The molecule has 0 spiro atoms. The van der Waals surface area contributed by atoms with E-state index in [-0.39, 0.29) is 23.9 Å². The Balaban J connectivity index is 2.82. The summed E-state index contributed by atoms with van der Waals surface area (Å²) in [6.07, 6.45) is 0.358. The molecule has 21 heavy (non-hydrogen) atoms. The molecule has 2 N–H and O–H groups in total. The number of hydrogen-bond donors (Lipinski definition) is 1. The van der Waals surface area contributed by atoms with Crippen LogP contribution in [0.1, 0.15) is 39.7 Å². The summed E-state index contributed by atoms with van der Waals surface area (Å²) < 4.78 is 0. The fourth-order valence-corrected chi connectivity index (χ4v) is 2.27.